The molecule has 1 aliphatic heterocycles. The third-order valence-corrected chi connectivity index (χ3v) is 2.83. The number of nitrogens with zero attached hydrogens (tertiary/aromatic N) is 1. The molecule has 2 rings (SSSR count). The SMILES string of the molecule is Nc1ccc(N2CC(O)CC2CO)cc1. The second-order valence-corrected chi connectivity index (χ2v) is 3.97. The van der Waals surface area contributed by atoms with Crippen LogP contribution in [0.4, 0.5) is 11.4 Å². The maximum atomic E-state index is 9.54. The Kier molecular flexibility index (Phi) is 2.79. The van der Waals surface area contributed by atoms with Crippen molar-refractivity contribution in [3.05, 3.63) is 24.3 Å². The van der Waals surface area contributed by atoms with Crippen LogP contribution in [0.25, 0.3) is 0 Å². The molecular weight excluding hydrogens is 192 g/mol. The van der Waals surface area contributed by atoms with Crippen molar-refractivity contribution in [3.63, 3.8) is 0 Å². The Morgan fingerprint density at radius 1 is 1.33 bits per heavy atom. The highest BCUT2D eigenvalue weighted by molar-refractivity contribution is 5.54. The van der Waals surface area contributed by atoms with Gasteiger partial charge in [-0.3, -0.25) is 0 Å². The molecule has 1 aliphatic rings. The molecule has 0 radical (unpaired) electrons. The summed E-state index contributed by atoms with van der Waals surface area (Å²) in [5, 5.41) is 18.7. The fourth-order valence-corrected chi connectivity index (χ4v) is 2.05. The van der Waals surface area contributed by atoms with Crippen molar-refractivity contribution in [2.24, 2.45) is 0 Å². The Bertz CT molecular complexity index is 326. The number of hydrogen-bond donors (Lipinski definition) is 3. The molecule has 1 aromatic rings. The van der Waals surface area contributed by atoms with Crippen molar-refractivity contribution >= 4 is 11.4 Å². The molecule has 15 heavy (non-hydrogen) atoms. The number of nitrogens with two attached hydrogens (primary N) is 1. The molecule has 4 N–H and O–H groups in total. The minimum absolute atomic E-state index is 0.0172. The number of β-amino-alcohol motifs (C(OH)–C–C–N with tert-alkyl or cyclic N) is 1. The highest BCUT2D eigenvalue weighted by Gasteiger charge is 2.30. The molecule has 1 saturated heterocycles. The zero-order valence-corrected chi connectivity index (χ0v) is 8.50. The van der Waals surface area contributed by atoms with Crippen molar-refractivity contribution < 1.29 is 10.2 Å². The monoisotopic (exact) mass is 208 g/mol. The average Bonchev–Trinajstić information content (AvgIpc) is 2.61. The second kappa shape index (κ2) is 4.08. The molecule has 2 unspecified atom stereocenters. The van der Waals surface area contributed by atoms with Gasteiger partial charge >= 0.3 is 0 Å². The van der Waals surface area contributed by atoms with Gasteiger partial charge in [-0.25, -0.2) is 0 Å². The van der Waals surface area contributed by atoms with Gasteiger partial charge < -0.3 is 20.8 Å². The van der Waals surface area contributed by atoms with Crippen LogP contribution in [0.15, 0.2) is 24.3 Å². The molecule has 0 spiro atoms. The van der Waals surface area contributed by atoms with Gasteiger partial charge in [0.25, 0.3) is 0 Å². The van der Waals surface area contributed by atoms with Crippen molar-refractivity contribution in [1.82, 2.24) is 0 Å². The third-order valence-electron chi connectivity index (χ3n) is 2.83. The molecule has 82 valence electrons. The topological polar surface area (TPSA) is 69.7 Å². The first-order valence-corrected chi connectivity index (χ1v) is 5.12. The minimum Gasteiger partial charge on any atom is -0.399 e. The summed E-state index contributed by atoms with van der Waals surface area (Å²) in [7, 11) is 0. The Hall–Kier alpha value is -1.26. The first-order chi connectivity index (χ1) is 7.20. The first kappa shape index (κ1) is 10.3. The van der Waals surface area contributed by atoms with Crippen LogP contribution >= 0.6 is 0 Å². The fourth-order valence-electron chi connectivity index (χ4n) is 2.05. The molecule has 0 aliphatic carbocycles. The molecule has 4 nitrogen and oxygen atoms in total. The Balaban J connectivity index is 2.19. The molecular formula is C11H16N2O2. The molecule has 1 aromatic carbocycles. The van der Waals surface area contributed by atoms with Crippen molar-refractivity contribution in [1.29, 1.82) is 0 Å². The molecule has 0 bridgehead atoms. The van der Waals surface area contributed by atoms with E-state index >= 15 is 0 Å². The smallest absolute Gasteiger partial charge is 0.0735 e. The van der Waals surface area contributed by atoms with E-state index in [2.05, 4.69) is 0 Å². The molecule has 0 saturated carbocycles. The van der Waals surface area contributed by atoms with Gasteiger partial charge in [-0.1, -0.05) is 0 Å². The van der Waals surface area contributed by atoms with E-state index in [0.29, 0.717) is 13.0 Å². The van der Waals surface area contributed by atoms with E-state index in [-0.39, 0.29) is 18.8 Å². The lowest BCUT2D eigenvalue weighted by Gasteiger charge is -2.24. The van der Waals surface area contributed by atoms with Gasteiger partial charge in [0.05, 0.1) is 18.8 Å². The molecule has 0 amide bonds. The molecule has 2 atom stereocenters. The van der Waals surface area contributed by atoms with Crippen LogP contribution in [0.2, 0.25) is 0 Å². The summed E-state index contributed by atoms with van der Waals surface area (Å²) in [5.74, 6) is 0. The minimum atomic E-state index is -0.347. The fraction of sp³-hybridized carbons (Fsp3) is 0.455. The number of rotatable bonds is 2. The highest BCUT2D eigenvalue weighted by atomic mass is 16.3. The lowest BCUT2D eigenvalue weighted by Crippen LogP contribution is -2.32. The summed E-state index contributed by atoms with van der Waals surface area (Å²) in [6, 6.07) is 7.50. The predicted molar refractivity (Wildman–Crippen MR) is 59.7 cm³/mol. The van der Waals surface area contributed by atoms with Gasteiger partial charge in [0, 0.05) is 17.9 Å². The van der Waals surface area contributed by atoms with E-state index in [1.807, 2.05) is 29.2 Å². The van der Waals surface area contributed by atoms with E-state index in [9.17, 15) is 10.2 Å². The van der Waals surface area contributed by atoms with E-state index in [0.717, 1.165) is 11.4 Å². The summed E-state index contributed by atoms with van der Waals surface area (Å²) in [4.78, 5) is 2.02. The number of nitrogen functional groups attached to an aromatic ring is 1. The average molecular weight is 208 g/mol. The van der Waals surface area contributed by atoms with E-state index in [1.165, 1.54) is 0 Å². The van der Waals surface area contributed by atoms with Crippen LogP contribution in [0, 0.1) is 0 Å². The third kappa shape index (κ3) is 2.06. The Labute approximate surface area is 88.9 Å². The molecule has 1 fully saturated rings. The van der Waals surface area contributed by atoms with Crippen LogP contribution in [0.1, 0.15) is 6.42 Å². The second-order valence-electron chi connectivity index (χ2n) is 3.97. The summed E-state index contributed by atoms with van der Waals surface area (Å²) in [6.45, 7) is 0.649. The van der Waals surface area contributed by atoms with Crippen molar-refractivity contribution in [2.75, 3.05) is 23.8 Å². The zero-order valence-electron chi connectivity index (χ0n) is 8.50. The molecule has 0 aromatic heterocycles. The predicted octanol–water partition coefficient (Wildman–Crippen LogP) is 0.201. The number of benzene rings is 1. The van der Waals surface area contributed by atoms with Gasteiger partial charge in [0.15, 0.2) is 0 Å². The Morgan fingerprint density at radius 2 is 2.00 bits per heavy atom. The van der Waals surface area contributed by atoms with Crippen molar-refractivity contribution in [2.45, 2.75) is 18.6 Å². The van der Waals surface area contributed by atoms with Crippen LogP contribution in [0.5, 0.6) is 0 Å². The number of aliphatic hydroxyl groups is 2. The van der Waals surface area contributed by atoms with Crippen LogP contribution in [-0.4, -0.2) is 35.5 Å². The maximum absolute atomic E-state index is 9.54. The summed E-state index contributed by atoms with van der Waals surface area (Å²) in [5.41, 5.74) is 7.32. The van der Waals surface area contributed by atoms with Crippen LogP contribution < -0.4 is 10.6 Å². The summed E-state index contributed by atoms with van der Waals surface area (Å²) >= 11 is 0. The van der Waals surface area contributed by atoms with Crippen LogP contribution in [0.3, 0.4) is 0 Å². The normalized spacial score (nSPS) is 25.9. The van der Waals surface area contributed by atoms with E-state index in [1.54, 1.807) is 0 Å². The molecule has 4 heteroatoms. The quantitative estimate of drug-likeness (QED) is 0.607. The lowest BCUT2D eigenvalue weighted by atomic mass is 10.2. The maximum Gasteiger partial charge on any atom is 0.0735 e. The van der Waals surface area contributed by atoms with Gasteiger partial charge in [-0.05, 0) is 30.7 Å². The van der Waals surface area contributed by atoms with Crippen LogP contribution in [-0.2, 0) is 0 Å². The van der Waals surface area contributed by atoms with E-state index in [4.69, 9.17) is 5.73 Å². The zero-order chi connectivity index (χ0) is 10.8. The van der Waals surface area contributed by atoms with Gasteiger partial charge in [0.1, 0.15) is 0 Å². The number of aliphatic hydroxyl groups excluding tert-OH is 2. The highest BCUT2D eigenvalue weighted by Crippen LogP contribution is 2.26. The first-order valence-electron chi connectivity index (χ1n) is 5.12. The number of hydrogen-bond acceptors (Lipinski definition) is 4. The van der Waals surface area contributed by atoms with Gasteiger partial charge in [0.2, 0.25) is 0 Å². The molecule has 1 heterocycles. The summed E-state index contributed by atoms with van der Waals surface area (Å²) < 4.78 is 0. The van der Waals surface area contributed by atoms with E-state index < -0.39 is 0 Å². The standard InChI is InChI=1S/C11H16N2O2/c12-8-1-3-9(4-2-8)13-6-11(15)5-10(13)7-14/h1-4,10-11,14-15H,5-7,12H2. The lowest BCUT2D eigenvalue weighted by molar-refractivity contribution is 0.184. The Morgan fingerprint density at radius 3 is 2.60 bits per heavy atom. The van der Waals surface area contributed by atoms with Gasteiger partial charge in [-0.2, -0.15) is 0 Å². The van der Waals surface area contributed by atoms with Crippen molar-refractivity contribution in [3.8, 4) is 0 Å². The number of anilines is 2. The largest absolute Gasteiger partial charge is 0.399 e. The summed E-state index contributed by atoms with van der Waals surface area (Å²) in [6.07, 6.45) is 0.278. The van der Waals surface area contributed by atoms with Gasteiger partial charge in [-0.15, -0.1) is 0 Å².